The number of nitrogens with zero attached hydrogens (tertiary/aromatic N) is 1. The normalized spacial score (nSPS) is 15.1. The van der Waals surface area contributed by atoms with Crippen LogP contribution in [0.5, 0.6) is 0 Å². The number of rotatable bonds is 4. The maximum atomic E-state index is 12.7. The van der Waals surface area contributed by atoms with Crippen LogP contribution in [0.4, 0.5) is 11.4 Å². The van der Waals surface area contributed by atoms with Crippen molar-refractivity contribution in [1.82, 2.24) is 0 Å². The molecule has 1 N–H and O–H groups in total. The van der Waals surface area contributed by atoms with Crippen LogP contribution in [0.25, 0.3) is 0 Å². The molecule has 0 unspecified atom stereocenters. The van der Waals surface area contributed by atoms with Gasteiger partial charge in [-0.3, -0.25) is 14.9 Å². The number of esters is 1. The number of hydrogen-bond donors (Lipinski definition) is 1. The Morgan fingerprint density at radius 3 is 2.60 bits per heavy atom. The van der Waals surface area contributed by atoms with Gasteiger partial charge in [-0.15, -0.1) is 0 Å². The largest absolute Gasteiger partial charge is 0.454 e. The fourth-order valence-corrected chi connectivity index (χ4v) is 3.40. The summed E-state index contributed by atoms with van der Waals surface area (Å²) in [5.41, 5.74) is 3.74. The van der Waals surface area contributed by atoms with Crippen LogP contribution in [0, 0.1) is 17.0 Å². The number of benzene rings is 3. The lowest BCUT2D eigenvalue weighted by molar-refractivity contribution is -0.384. The first-order valence-corrected chi connectivity index (χ1v) is 9.37. The van der Waals surface area contributed by atoms with E-state index in [0.29, 0.717) is 23.2 Å². The summed E-state index contributed by atoms with van der Waals surface area (Å²) >= 11 is 0. The molecule has 7 nitrogen and oxygen atoms in total. The molecular formula is C23H18N2O5. The topological polar surface area (TPSA) is 98.5 Å². The first-order chi connectivity index (χ1) is 14.4. The lowest BCUT2D eigenvalue weighted by Gasteiger charge is -2.25. The average molecular weight is 402 g/mol. The van der Waals surface area contributed by atoms with Gasteiger partial charge in [0.2, 0.25) is 0 Å². The van der Waals surface area contributed by atoms with Crippen molar-refractivity contribution in [1.29, 1.82) is 0 Å². The van der Waals surface area contributed by atoms with Crippen LogP contribution >= 0.6 is 0 Å². The van der Waals surface area contributed by atoms with E-state index in [0.717, 1.165) is 16.7 Å². The third-order valence-electron chi connectivity index (χ3n) is 5.01. The molecular weight excluding hydrogens is 384 g/mol. The van der Waals surface area contributed by atoms with Crippen molar-refractivity contribution in [3.63, 3.8) is 0 Å². The number of cyclic esters (lactones) is 1. The monoisotopic (exact) mass is 402 g/mol. The van der Waals surface area contributed by atoms with Gasteiger partial charge in [-0.2, -0.15) is 0 Å². The number of anilines is 1. The minimum absolute atomic E-state index is 0.109. The van der Waals surface area contributed by atoms with E-state index in [1.807, 2.05) is 31.2 Å². The summed E-state index contributed by atoms with van der Waals surface area (Å²) in [5, 5.41) is 13.6. The molecule has 0 aromatic heterocycles. The highest BCUT2D eigenvalue weighted by molar-refractivity contribution is 6.05. The number of amides is 1. The fraction of sp³-hybridized carbons (Fsp3) is 0.130. The smallest absolute Gasteiger partial charge is 0.339 e. The van der Waals surface area contributed by atoms with Gasteiger partial charge in [-0.1, -0.05) is 35.9 Å². The SMILES string of the molecule is Cc1ccc([C@H]2Cc3cc(C(=O)Nc4cccc([N+](=O)[O-])c4)ccc3C(=O)O2)cc1. The Bertz CT molecular complexity index is 1150. The lowest BCUT2D eigenvalue weighted by Crippen LogP contribution is -2.23. The molecule has 1 aliphatic heterocycles. The second-order valence-electron chi connectivity index (χ2n) is 7.14. The highest BCUT2D eigenvalue weighted by atomic mass is 16.6. The Kier molecular flexibility index (Phi) is 5.02. The standard InChI is InChI=1S/C23H18N2O5/c1-14-5-7-15(8-6-14)21-12-17-11-16(9-10-20(17)23(27)30-21)22(26)24-18-3-2-4-19(13-18)25(28)29/h2-11,13,21H,12H2,1H3,(H,24,26)/t21-/m1/s1. The Hall–Kier alpha value is -4.00. The zero-order valence-corrected chi connectivity index (χ0v) is 16.1. The number of nitro benzene ring substituents is 1. The molecule has 30 heavy (non-hydrogen) atoms. The van der Waals surface area contributed by atoms with Crippen molar-refractivity contribution in [2.24, 2.45) is 0 Å². The first-order valence-electron chi connectivity index (χ1n) is 9.37. The summed E-state index contributed by atoms with van der Waals surface area (Å²) < 4.78 is 5.57. The quantitative estimate of drug-likeness (QED) is 0.390. The van der Waals surface area contributed by atoms with E-state index in [-0.39, 0.29) is 5.69 Å². The number of ether oxygens (including phenoxy) is 1. The van der Waals surface area contributed by atoms with Crippen LogP contribution < -0.4 is 5.32 Å². The first kappa shape index (κ1) is 19.3. The molecule has 7 heteroatoms. The second kappa shape index (κ2) is 7.79. The summed E-state index contributed by atoms with van der Waals surface area (Å²) in [6.07, 6.45) is 0.0443. The second-order valence-corrected chi connectivity index (χ2v) is 7.14. The third-order valence-corrected chi connectivity index (χ3v) is 5.01. The molecule has 1 aliphatic rings. The summed E-state index contributed by atoms with van der Waals surface area (Å²) in [6.45, 7) is 1.98. The summed E-state index contributed by atoms with van der Waals surface area (Å²) in [7, 11) is 0. The zero-order chi connectivity index (χ0) is 21.3. The molecule has 0 aliphatic carbocycles. The minimum Gasteiger partial charge on any atom is -0.454 e. The van der Waals surface area contributed by atoms with E-state index in [9.17, 15) is 19.7 Å². The fourth-order valence-electron chi connectivity index (χ4n) is 3.40. The van der Waals surface area contributed by atoms with Crippen LogP contribution in [0.3, 0.4) is 0 Å². The average Bonchev–Trinajstić information content (AvgIpc) is 2.74. The van der Waals surface area contributed by atoms with Gasteiger partial charge in [0.25, 0.3) is 11.6 Å². The lowest BCUT2D eigenvalue weighted by atomic mass is 9.92. The van der Waals surface area contributed by atoms with Crippen LogP contribution in [0.2, 0.25) is 0 Å². The number of carbonyl (C=O) groups excluding carboxylic acids is 2. The molecule has 0 bridgehead atoms. The van der Waals surface area contributed by atoms with Crippen molar-refractivity contribution in [2.75, 3.05) is 5.32 Å². The van der Waals surface area contributed by atoms with E-state index < -0.39 is 22.9 Å². The molecule has 0 saturated carbocycles. The van der Waals surface area contributed by atoms with Crippen LogP contribution in [-0.2, 0) is 11.2 Å². The Morgan fingerprint density at radius 1 is 1.10 bits per heavy atom. The number of hydrogen-bond acceptors (Lipinski definition) is 5. The van der Waals surface area contributed by atoms with Gasteiger partial charge < -0.3 is 10.1 Å². The highest BCUT2D eigenvalue weighted by Gasteiger charge is 2.28. The van der Waals surface area contributed by atoms with Gasteiger partial charge in [0.15, 0.2) is 0 Å². The molecule has 0 spiro atoms. The maximum Gasteiger partial charge on any atom is 0.339 e. The van der Waals surface area contributed by atoms with Gasteiger partial charge >= 0.3 is 5.97 Å². The number of nitrogens with one attached hydrogen (secondary N) is 1. The van der Waals surface area contributed by atoms with Crippen molar-refractivity contribution in [3.05, 3.63) is 105 Å². The van der Waals surface area contributed by atoms with Gasteiger partial charge in [0.05, 0.1) is 10.5 Å². The van der Waals surface area contributed by atoms with Crippen molar-refractivity contribution < 1.29 is 19.2 Å². The van der Waals surface area contributed by atoms with Crippen molar-refractivity contribution in [2.45, 2.75) is 19.4 Å². The molecule has 3 aromatic carbocycles. The molecule has 0 saturated heterocycles. The van der Waals surface area contributed by atoms with Crippen LogP contribution in [0.15, 0.2) is 66.7 Å². The van der Waals surface area contributed by atoms with Gasteiger partial charge in [0.1, 0.15) is 6.10 Å². The minimum atomic E-state index is -0.522. The van der Waals surface area contributed by atoms with E-state index in [4.69, 9.17) is 4.74 Å². The van der Waals surface area contributed by atoms with Crippen molar-refractivity contribution in [3.8, 4) is 0 Å². The summed E-state index contributed by atoms with van der Waals surface area (Å²) in [5.74, 6) is -0.836. The predicted octanol–water partition coefficient (Wildman–Crippen LogP) is 4.61. The number of carbonyl (C=O) groups is 2. The Labute approximate surface area is 172 Å². The maximum absolute atomic E-state index is 12.7. The van der Waals surface area contributed by atoms with Gasteiger partial charge in [-0.25, -0.2) is 4.79 Å². The van der Waals surface area contributed by atoms with E-state index in [2.05, 4.69) is 5.32 Å². The number of non-ortho nitro benzene ring substituents is 1. The summed E-state index contributed by atoms with van der Waals surface area (Å²) in [4.78, 5) is 35.5. The Balaban J connectivity index is 1.57. The predicted molar refractivity (Wildman–Crippen MR) is 111 cm³/mol. The molecule has 0 radical (unpaired) electrons. The van der Waals surface area contributed by atoms with Gasteiger partial charge in [0, 0.05) is 29.8 Å². The number of aryl methyl sites for hydroxylation is 1. The molecule has 4 rings (SSSR count). The molecule has 0 fully saturated rings. The van der Waals surface area contributed by atoms with Crippen LogP contribution in [-0.4, -0.2) is 16.8 Å². The number of fused-ring (bicyclic) bond motifs is 1. The van der Waals surface area contributed by atoms with E-state index in [1.54, 1.807) is 24.3 Å². The highest BCUT2D eigenvalue weighted by Crippen LogP contribution is 2.31. The molecule has 1 heterocycles. The Morgan fingerprint density at radius 2 is 1.87 bits per heavy atom. The number of nitro groups is 1. The molecule has 1 amide bonds. The molecule has 1 atom stereocenters. The van der Waals surface area contributed by atoms with E-state index >= 15 is 0 Å². The van der Waals surface area contributed by atoms with Gasteiger partial charge in [-0.05, 0) is 42.3 Å². The summed E-state index contributed by atoms with van der Waals surface area (Å²) in [6, 6.07) is 18.3. The third kappa shape index (κ3) is 3.91. The van der Waals surface area contributed by atoms with Crippen LogP contribution in [0.1, 0.15) is 43.5 Å². The molecule has 3 aromatic rings. The van der Waals surface area contributed by atoms with E-state index in [1.165, 1.54) is 18.2 Å². The van der Waals surface area contributed by atoms with Crippen molar-refractivity contribution >= 4 is 23.3 Å². The zero-order valence-electron chi connectivity index (χ0n) is 16.1. The molecule has 150 valence electrons.